The summed E-state index contributed by atoms with van der Waals surface area (Å²) in [5.74, 6) is -2.32. The number of hydrogen-bond donors (Lipinski definition) is 5. The Labute approximate surface area is 273 Å². The molecule has 12 nitrogen and oxygen atoms in total. The van der Waals surface area contributed by atoms with Crippen LogP contribution in [0.15, 0.2) is 28.4 Å². The predicted molar refractivity (Wildman–Crippen MR) is 173 cm³/mol. The molecule has 1 aliphatic heterocycles. The average Bonchev–Trinajstić information content (AvgIpc) is 3.01. The number of aliphatic hydroxyl groups is 2. The van der Waals surface area contributed by atoms with E-state index in [1.54, 1.807) is 19.9 Å². The Morgan fingerprint density at radius 2 is 1.80 bits per heavy atom. The van der Waals surface area contributed by atoms with Crippen LogP contribution in [0.3, 0.4) is 0 Å². The molecule has 5 rings (SSSR count). The van der Waals surface area contributed by atoms with Gasteiger partial charge < -0.3 is 40.4 Å². The molecule has 0 bridgehead atoms. The third kappa shape index (κ3) is 6.17. The van der Waals surface area contributed by atoms with Gasteiger partial charge in [0.05, 0.1) is 47.8 Å². The summed E-state index contributed by atoms with van der Waals surface area (Å²) < 4.78 is 17.5. The van der Waals surface area contributed by atoms with E-state index < -0.39 is 59.3 Å². The topological polar surface area (TPSA) is 193 Å². The number of unbranched alkanes of at least 4 members (excludes halogenated alkanes) is 1. The Morgan fingerprint density at radius 1 is 1.11 bits per heavy atom. The van der Waals surface area contributed by atoms with Gasteiger partial charge in [-0.2, -0.15) is 10.2 Å². The third-order valence-electron chi connectivity index (χ3n) is 9.08. The molecule has 2 aliphatic carbocycles. The number of aromatic hydroxyl groups is 2. The summed E-state index contributed by atoms with van der Waals surface area (Å²) in [5, 5.41) is 54.4. The molecular formula is C33H42ClN3O9. The molecule has 6 N–H and O–H groups in total. The lowest BCUT2D eigenvalue weighted by atomic mass is 9.72. The fraction of sp³-hybridized carbons (Fsp3) is 0.515. The first-order chi connectivity index (χ1) is 21.3. The molecule has 1 saturated heterocycles. The number of carbonyl (C=O) groups is 2. The van der Waals surface area contributed by atoms with Crippen LogP contribution < -0.4 is 10.5 Å². The summed E-state index contributed by atoms with van der Waals surface area (Å²) in [7, 11) is 1.36. The van der Waals surface area contributed by atoms with E-state index in [1.807, 2.05) is 6.92 Å². The number of phenols is 2. The number of halogens is 1. The second-order valence-electron chi connectivity index (χ2n) is 12.2. The van der Waals surface area contributed by atoms with Crippen LogP contribution in [0.1, 0.15) is 109 Å². The van der Waals surface area contributed by atoms with Crippen molar-refractivity contribution in [2.45, 2.75) is 102 Å². The van der Waals surface area contributed by atoms with Gasteiger partial charge in [-0.1, -0.05) is 25.5 Å². The van der Waals surface area contributed by atoms with Gasteiger partial charge in [0.25, 0.3) is 0 Å². The third-order valence-corrected chi connectivity index (χ3v) is 9.08. The minimum Gasteiger partial charge on any atom is -0.507 e. The smallest absolute Gasteiger partial charge is 0.202 e. The van der Waals surface area contributed by atoms with E-state index in [0.29, 0.717) is 0 Å². The van der Waals surface area contributed by atoms with Crippen LogP contribution in [-0.2, 0) is 15.9 Å². The van der Waals surface area contributed by atoms with Crippen molar-refractivity contribution in [2.75, 3.05) is 7.11 Å². The van der Waals surface area contributed by atoms with Gasteiger partial charge in [0.1, 0.15) is 22.8 Å². The largest absolute Gasteiger partial charge is 0.507 e. The Morgan fingerprint density at radius 3 is 2.46 bits per heavy atom. The Balaban J connectivity index is 0.00000480. The number of rotatable bonds is 8. The molecular weight excluding hydrogens is 618 g/mol. The number of ketones is 2. The van der Waals surface area contributed by atoms with Crippen LogP contribution in [-0.4, -0.2) is 80.7 Å². The molecule has 250 valence electrons. The molecule has 0 aromatic heterocycles. The number of nitrogens with two attached hydrogens (primary N) is 1. The monoisotopic (exact) mass is 659 g/mol. The number of aliphatic hydroxyl groups excluding tert-OH is 1. The first-order valence-electron chi connectivity index (χ1n) is 15.2. The van der Waals surface area contributed by atoms with E-state index in [2.05, 4.69) is 17.1 Å². The molecule has 0 saturated carbocycles. The average molecular weight is 660 g/mol. The SMILES string of the molecule is CCCC/C(C)=N/N=C(\C)C1(O)Cc2c(O)c3c(c(O)c2C(OC2CC(N)C(O)C(C)O2)C1)C(=O)c1c(OC)cccc1C3=O.Cl. The summed E-state index contributed by atoms with van der Waals surface area (Å²) in [6.07, 6.45) is -1.33. The summed E-state index contributed by atoms with van der Waals surface area (Å²) in [5.41, 5.74) is 4.76. The molecule has 0 radical (unpaired) electrons. The van der Waals surface area contributed by atoms with Gasteiger partial charge in [0.15, 0.2) is 12.1 Å². The number of carbonyl (C=O) groups excluding carboxylic acids is 2. The second kappa shape index (κ2) is 13.8. The summed E-state index contributed by atoms with van der Waals surface area (Å²) in [6, 6.07) is 3.87. The zero-order chi connectivity index (χ0) is 32.8. The molecule has 6 atom stereocenters. The summed E-state index contributed by atoms with van der Waals surface area (Å²) in [6.45, 7) is 7.18. The standard InChI is InChI=1S/C33H41N3O9.ClH/c1-6-7-9-15(2)35-36-17(4)33(42)13-19-25(22(14-33)45-23-12-20(34)28(37)16(3)44-23)32(41)27-26(30(19)39)29(38)18-10-8-11-21(43-5)24(18)31(27)40;/h8,10-11,16,20,22-23,28,37,39,41-42H,6-7,9,12-14,34H2,1-5H3;1H/b35-15+,36-17+;. The van der Waals surface area contributed by atoms with Crippen molar-refractivity contribution in [1.82, 2.24) is 0 Å². The molecule has 13 heteroatoms. The molecule has 0 amide bonds. The van der Waals surface area contributed by atoms with Crippen molar-refractivity contribution in [3.63, 3.8) is 0 Å². The van der Waals surface area contributed by atoms with Crippen molar-refractivity contribution in [1.29, 1.82) is 0 Å². The first-order valence-corrected chi connectivity index (χ1v) is 15.2. The quantitative estimate of drug-likeness (QED) is 0.135. The van der Waals surface area contributed by atoms with Crippen molar-refractivity contribution in [2.24, 2.45) is 15.9 Å². The van der Waals surface area contributed by atoms with E-state index in [4.69, 9.17) is 19.9 Å². The molecule has 0 spiro atoms. The molecule has 1 fully saturated rings. The maximum atomic E-state index is 13.9. The molecule has 46 heavy (non-hydrogen) atoms. The van der Waals surface area contributed by atoms with Gasteiger partial charge in [-0.15, -0.1) is 12.4 Å². The maximum Gasteiger partial charge on any atom is 0.202 e. The van der Waals surface area contributed by atoms with E-state index >= 15 is 0 Å². The van der Waals surface area contributed by atoms with Crippen molar-refractivity contribution < 1.29 is 44.2 Å². The van der Waals surface area contributed by atoms with E-state index in [1.165, 1.54) is 19.2 Å². The highest BCUT2D eigenvalue weighted by Gasteiger charge is 2.49. The Hall–Kier alpha value is -3.39. The van der Waals surface area contributed by atoms with Crippen molar-refractivity contribution >= 4 is 35.4 Å². The van der Waals surface area contributed by atoms with E-state index in [0.717, 1.165) is 25.0 Å². The van der Waals surface area contributed by atoms with Crippen molar-refractivity contribution in [3.05, 3.63) is 51.6 Å². The van der Waals surface area contributed by atoms with Gasteiger partial charge in [-0.25, -0.2) is 0 Å². The lowest BCUT2D eigenvalue weighted by molar-refractivity contribution is -0.245. The highest BCUT2D eigenvalue weighted by Crippen LogP contribution is 2.52. The zero-order valence-corrected chi connectivity index (χ0v) is 27.4. The number of phenolic OH excluding ortho intramolecular Hbond substituents is 2. The van der Waals surface area contributed by atoms with Gasteiger partial charge >= 0.3 is 0 Å². The van der Waals surface area contributed by atoms with Crippen LogP contribution in [0.2, 0.25) is 0 Å². The summed E-state index contributed by atoms with van der Waals surface area (Å²) >= 11 is 0. The molecule has 3 aliphatic rings. The molecule has 2 aromatic carbocycles. The van der Waals surface area contributed by atoms with Gasteiger partial charge in [-0.3, -0.25) is 9.59 Å². The first kappa shape index (κ1) is 35.5. The highest BCUT2D eigenvalue weighted by atomic mass is 35.5. The number of fused-ring (bicyclic) bond motifs is 3. The van der Waals surface area contributed by atoms with Gasteiger partial charge in [0, 0.05) is 47.7 Å². The number of ether oxygens (including phenoxy) is 3. The molecule has 6 unspecified atom stereocenters. The minimum absolute atomic E-state index is 0. The Bertz CT molecular complexity index is 1580. The van der Waals surface area contributed by atoms with Crippen LogP contribution in [0, 0.1) is 0 Å². The van der Waals surface area contributed by atoms with Gasteiger partial charge in [0.2, 0.25) is 5.78 Å². The van der Waals surface area contributed by atoms with Crippen LogP contribution in [0.4, 0.5) is 0 Å². The lowest BCUT2D eigenvalue weighted by Gasteiger charge is -2.42. The van der Waals surface area contributed by atoms with Gasteiger partial charge in [-0.05, 0) is 39.7 Å². The number of nitrogens with zero attached hydrogens (tertiary/aromatic N) is 2. The fourth-order valence-electron chi connectivity index (χ4n) is 6.40. The number of benzene rings is 2. The van der Waals surface area contributed by atoms with Crippen LogP contribution in [0.5, 0.6) is 17.2 Å². The van der Waals surface area contributed by atoms with Crippen molar-refractivity contribution in [3.8, 4) is 17.2 Å². The summed E-state index contributed by atoms with van der Waals surface area (Å²) in [4.78, 5) is 27.6. The maximum absolute atomic E-state index is 13.9. The Kier molecular flexibility index (Phi) is 10.6. The van der Waals surface area contributed by atoms with E-state index in [9.17, 15) is 30.0 Å². The van der Waals surface area contributed by atoms with Crippen LogP contribution >= 0.6 is 12.4 Å². The fourth-order valence-corrected chi connectivity index (χ4v) is 6.40. The molecule has 2 aromatic rings. The van der Waals surface area contributed by atoms with Crippen LogP contribution in [0.25, 0.3) is 0 Å². The number of hydrogen-bond acceptors (Lipinski definition) is 12. The second-order valence-corrected chi connectivity index (χ2v) is 12.2. The highest BCUT2D eigenvalue weighted by molar-refractivity contribution is 6.31. The number of methoxy groups -OCH3 is 1. The lowest BCUT2D eigenvalue weighted by Crippen LogP contribution is -2.52. The zero-order valence-electron chi connectivity index (χ0n) is 26.6. The molecule has 1 heterocycles. The minimum atomic E-state index is -1.73. The predicted octanol–water partition coefficient (Wildman–Crippen LogP) is 3.89. The normalized spacial score (nSPS) is 27.8. The van der Waals surface area contributed by atoms with E-state index in [-0.39, 0.29) is 76.5 Å².